The monoisotopic (exact) mass is 251 g/mol. The van der Waals surface area contributed by atoms with E-state index in [0.29, 0.717) is 6.54 Å². The Balaban J connectivity index is 2.79. The molecule has 1 aromatic heterocycles. The molecular formula is C10H17N7O. The highest BCUT2D eigenvalue weighted by Gasteiger charge is 2.11. The van der Waals surface area contributed by atoms with Crippen LogP contribution < -0.4 is 5.73 Å². The van der Waals surface area contributed by atoms with Gasteiger partial charge in [0.1, 0.15) is 5.84 Å². The third-order valence-corrected chi connectivity index (χ3v) is 2.22. The summed E-state index contributed by atoms with van der Waals surface area (Å²) in [6, 6.07) is 0. The van der Waals surface area contributed by atoms with Gasteiger partial charge in [-0.05, 0) is 13.3 Å². The van der Waals surface area contributed by atoms with Gasteiger partial charge in [0, 0.05) is 6.54 Å². The van der Waals surface area contributed by atoms with Crippen molar-refractivity contribution in [1.82, 2.24) is 15.0 Å². The highest BCUT2D eigenvalue weighted by Crippen LogP contribution is 2.14. The van der Waals surface area contributed by atoms with E-state index in [9.17, 15) is 4.79 Å². The Bertz CT molecular complexity index is 451. The molecule has 0 unspecified atom stereocenters. The van der Waals surface area contributed by atoms with E-state index in [2.05, 4.69) is 20.3 Å². The number of aromatic nitrogens is 2. The molecule has 8 nitrogen and oxygen atoms in total. The highest BCUT2D eigenvalue weighted by atomic mass is 16.1. The summed E-state index contributed by atoms with van der Waals surface area (Å²) in [4.78, 5) is 17.5. The predicted molar refractivity (Wildman–Crippen MR) is 66.6 cm³/mol. The van der Waals surface area contributed by atoms with Gasteiger partial charge in [0.25, 0.3) is 5.91 Å². The molecule has 1 rings (SSSR count). The van der Waals surface area contributed by atoms with Gasteiger partial charge in [-0.2, -0.15) is 0 Å². The van der Waals surface area contributed by atoms with Crippen LogP contribution in [0.25, 0.3) is 0 Å². The largest absolute Gasteiger partial charge is 0.364 e. The topological polar surface area (TPSA) is 124 Å². The van der Waals surface area contributed by atoms with Crippen LogP contribution in [0.5, 0.6) is 0 Å². The van der Waals surface area contributed by atoms with Crippen molar-refractivity contribution in [2.45, 2.75) is 26.7 Å². The molecule has 1 heterocycles. The fourth-order valence-corrected chi connectivity index (χ4v) is 1.23. The van der Waals surface area contributed by atoms with Crippen molar-refractivity contribution in [3.05, 3.63) is 12.0 Å². The van der Waals surface area contributed by atoms with Crippen molar-refractivity contribution < 1.29 is 4.79 Å². The van der Waals surface area contributed by atoms with Crippen molar-refractivity contribution in [2.24, 2.45) is 16.1 Å². The number of primary amides is 1. The van der Waals surface area contributed by atoms with Gasteiger partial charge < -0.3 is 10.7 Å². The number of carbonyl (C=O) groups is 1. The zero-order valence-corrected chi connectivity index (χ0v) is 10.5. The summed E-state index contributed by atoms with van der Waals surface area (Å²) < 4.78 is 0. The van der Waals surface area contributed by atoms with Crippen molar-refractivity contribution >= 4 is 17.6 Å². The Kier molecular flexibility index (Phi) is 4.97. The van der Waals surface area contributed by atoms with E-state index in [-0.39, 0.29) is 17.3 Å². The van der Waals surface area contributed by atoms with Gasteiger partial charge in [-0.15, -0.1) is 5.11 Å². The number of nitrogens with two attached hydrogens (primary N) is 1. The molecule has 0 radical (unpaired) electrons. The zero-order valence-electron chi connectivity index (χ0n) is 10.5. The quantitative estimate of drug-likeness (QED) is 0.308. The van der Waals surface area contributed by atoms with Crippen molar-refractivity contribution in [1.29, 1.82) is 5.41 Å². The summed E-state index contributed by atoms with van der Waals surface area (Å²) >= 11 is 0. The third-order valence-electron chi connectivity index (χ3n) is 2.22. The van der Waals surface area contributed by atoms with E-state index < -0.39 is 5.91 Å². The maximum atomic E-state index is 11.0. The molecule has 0 saturated carbocycles. The molecule has 0 saturated heterocycles. The number of rotatable bonds is 6. The Morgan fingerprint density at radius 2 is 2.39 bits per heavy atom. The lowest BCUT2D eigenvalue weighted by Crippen LogP contribution is -2.22. The average Bonchev–Trinajstić information content (AvgIpc) is 2.77. The number of hydrogen-bond acceptors (Lipinski definition) is 5. The fourth-order valence-electron chi connectivity index (χ4n) is 1.23. The first-order valence-electron chi connectivity index (χ1n) is 5.63. The minimum atomic E-state index is -0.645. The second-order valence-corrected chi connectivity index (χ2v) is 3.72. The first-order chi connectivity index (χ1) is 8.56. The molecule has 0 aliphatic heterocycles. The highest BCUT2D eigenvalue weighted by molar-refractivity contribution is 5.94. The number of nitrogens with one attached hydrogen (secondary N) is 2. The van der Waals surface area contributed by atoms with E-state index in [1.54, 1.807) is 6.92 Å². The lowest BCUT2D eigenvalue weighted by atomic mass is 10.3. The molecule has 1 aromatic rings. The number of carbonyl (C=O) groups excluding carboxylic acids is 1. The number of hydrogen-bond donors (Lipinski definition) is 3. The average molecular weight is 251 g/mol. The Morgan fingerprint density at radius 1 is 1.67 bits per heavy atom. The molecule has 4 N–H and O–H groups in total. The minimum absolute atomic E-state index is 0.108. The van der Waals surface area contributed by atoms with Crippen LogP contribution in [0.3, 0.4) is 0 Å². The molecule has 0 aliphatic rings. The summed E-state index contributed by atoms with van der Waals surface area (Å²) in [5.74, 6) is -0.234. The molecule has 1 amide bonds. The second kappa shape index (κ2) is 6.48. The SMILES string of the molecule is CCCCN(N=Nc1nc[nH]c1C(N)=O)C(C)=N. The Labute approximate surface area is 105 Å². The molecular weight excluding hydrogens is 234 g/mol. The van der Waals surface area contributed by atoms with E-state index in [1.807, 2.05) is 6.92 Å². The van der Waals surface area contributed by atoms with E-state index in [1.165, 1.54) is 11.3 Å². The number of unbranched alkanes of at least 4 members (excludes halogenated alkanes) is 1. The molecule has 98 valence electrons. The number of aromatic amines is 1. The van der Waals surface area contributed by atoms with Gasteiger partial charge in [-0.1, -0.05) is 18.6 Å². The number of amides is 1. The predicted octanol–water partition coefficient (Wildman–Crippen LogP) is 1.61. The van der Waals surface area contributed by atoms with Crippen LogP contribution in [0.1, 0.15) is 37.2 Å². The molecule has 0 aromatic carbocycles. The lowest BCUT2D eigenvalue weighted by Gasteiger charge is -2.14. The second-order valence-electron chi connectivity index (χ2n) is 3.72. The van der Waals surface area contributed by atoms with Gasteiger partial charge >= 0.3 is 0 Å². The van der Waals surface area contributed by atoms with E-state index >= 15 is 0 Å². The summed E-state index contributed by atoms with van der Waals surface area (Å²) in [7, 11) is 0. The number of imidazole rings is 1. The van der Waals surface area contributed by atoms with Crippen LogP contribution in [0.2, 0.25) is 0 Å². The Morgan fingerprint density at radius 3 is 2.94 bits per heavy atom. The van der Waals surface area contributed by atoms with Crippen LogP contribution in [0.4, 0.5) is 5.82 Å². The van der Waals surface area contributed by atoms with Gasteiger partial charge in [0.15, 0.2) is 5.69 Å². The van der Waals surface area contributed by atoms with Crippen molar-refractivity contribution in [3.63, 3.8) is 0 Å². The summed E-state index contributed by atoms with van der Waals surface area (Å²) in [5.41, 5.74) is 5.25. The molecule has 8 heteroatoms. The van der Waals surface area contributed by atoms with Crippen LogP contribution in [-0.4, -0.2) is 33.3 Å². The first kappa shape index (κ1) is 13.8. The van der Waals surface area contributed by atoms with Crippen LogP contribution >= 0.6 is 0 Å². The fraction of sp³-hybridized carbons (Fsp3) is 0.500. The van der Waals surface area contributed by atoms with Crippen molar-refractivity contribution in [2.75, 3.05) is 6.54 Å². The van der Waals surface area contributed by atoms with Gasteiger partial charge in [0.05, 0.1) is 6.33 Å². The molecule has 0 bridgehead atoms. The number of H-pyrrole nitrogens is 1. The Hall–Kier alpha value is -2.25. The zero-order chi connectivity index (χ0) is 13.5. The summed E-state index contributed by atoms with van der Waals surface area (Å²) in [6.07, 6.45) is 3.22. The lowest BCUT2D eigenvalue weighted by molar-refractivity contribution is 0.0996. The molecule has 0 fully saturated rings. The maximum Gasteiger partial charge on any atom is 0.269 e. The summed E-state index contributed by atoms with van der Waals surface area (Å²) in [6.45, 7) is 4.27. The minimum Gasteiger partial charge on any atom is -0.364 e. The maximum absolute atomic E-state index is 11.0. The molecule has 0 aliphatic carbocycles. The van der Waals surface area contributed by atoms with Gasteiger partial charge in [-0.25, -0.2) is 9.99 Å². The van der Waals surface area contributed by atoms with Crippen LogP contribution in [-0.2, 0) is 0 Å². The molecule has 18 heavy (non-hydrogen) atoms. The standard InChI is InChI=1S/C10H17N7O/c1-3-4-5-17(7(2)11)16-15-10-8(9(12)18)13-6-14-10/h6,11H,3-5H2,1-2H3,(H2,12,18)(H,13,14). The van der Waals surface area contributed by atoms with Crippen LogP contribution in [0, 0.1) is 5.41 Å². The van der Waals surface area contributed by atoms with Gasteiger partial charge in [-0.3, -0.25) is 10.2 Å². The third kappa shape index (κ3) is 3.65. The first-order valence-corrected chi connectivity index (χ1v) is 5.63. The van der Waals surface area contributed by atoms with Gasteiger partial charge in [0.2, 0.25) is 5.82 Å². The van der Waals surface area contributed by atoms with Crippen molar-refractivity contribution in [3.8, 4) is 0 Å². The van der Waals surface area contributed by atoms with Crippen LogP contribution in [0.15, 0.2) is 16.7 Å². The molecule has 0 spiro atoms. The number of nitrogens with zero attached hydrogens (tertiary/aromatic N) is 4. The number of amidine groups is 1. The van der Waals surface area contributed by atoms with E-state index in [4.69, 9.17) is 11.1 Å². The summed E-state index contributed by atoms with van der Waals surface area (Å²) in [5, 5.41) is 16.7. The smallest absolute Gasteiger partial charge is 0.269 e. The molecule has 0 atom stereocenters. The van der Waals surface area contributed by atoms with E-state index in [0.717, 1.165) is 12.8 Å². The normalized spacial score (nSPS) is 10.8.